The maximum absolute atomic E-state index is 5.95. The fourth-order valence-corrected chi connectivity index (χ4v) is 3.02. The molecule has 1 aliphatic carbocycles. The first-order valence-corrected chi connectivity index (χ1v) is 7.71. The van der Waals surface area contributed by atoms with E-state index >= 15 is 0 Å². The van der Waals surface area contributed by atoms with Crippen molar-refractivity contribution in [3.05, 3.63) is 28.2 Å². The molecule has 2 nitrogen and oxygen atoms in total. The highest BCUT2D eigenvalue weighted by Crippen LogP contribution is 2.33. The first kappa shape index (κ1) is 13.9. The van der Waals surface area contributed by atoms with Crippen LogP contribution in [0.25, 0.3) is 0 Å². The molecule has 0 bridgehead atoms. The summed E-state index contributed by atoms with van der Waals surface area (Å²) in [5.41, 5.74) is 8.45. The molecule has 0 aromatic heterocycles. The van der Waals surface area contributed by atoms with Crippen molar-refractivity contribution in [1.82, 2.24) is 0 Å². The van der Waals surface area contributed by atoms with Crippen molar-refractivity contribution in [2.45, 2.75) is 39.2 Å². The summed E-state index contributed by atoms with van der Waals surface area (Å²) in [6, 6.07) is 6.66. The fourth-order valence-electron chi connectivity index (χ4n) is 2.29. The maximum atomic E-state index is 5.95. The first-order valence-electron chi connectivity index (χ1n) is 6.91. The molecule has 0 heterocycles. The molecule has 3 heteroatoms. The van der Waals surface area contributed by atoms with Gasteiger partial charge in [-0.25, -0.2) is 0 Å². The Kier molecular flexibility index (Phi) is 4.68. The lowest BCUT2D eigenvalue weighted by molar-refractivity contribution is 0.707. The van der Waals surface area contributed by atoms with Crippen molar-refractivity contribution >= 4 is 21.6 Å². The van der Waals surface area contributed by atoms with E-state index in [-0.39, 0.29) is 6.04 Å². The molecule has 0 aliphatic heterocycles. The molecule has 1 aromatic rings. The van der Waals surface area contributed by atoms with Crippen LogP contribution in [0.4, 0.5) is 5.69 Å². The second-order valence-electron chi connectivity index (χ2n) is 5.38. The van der Waals surface area contributed by atoms with Gasteiger partial charge < -0.3 is 10.6 Å². The number of halogens is 1. The summed E-state index contributed by atoms with van der Waals surface area (Å²) >= 11 is 3.64. The Morgan fingerprint density at radius 1 is 1.44 bits per heavy atom. The average Bonchev–Trinajstić information content (AvgIpc) is 3.11. The minimum Gasteiger partial charge on any atom is -0.371 e. The highest BCUT2D eigenvalue weighted by Gasteiger charge is 2.24. The highest BCUT2D eigenvalue weighted by atomic mass is 79.9. The van der Waals surface area contributed by atoms with Gasteiger partial charge in [0.25, 0.3) is 0 Å². The topological polar surface area (TPSA) is 29.3 Å². The highest BCUT2D eigenvalue weighted by molar-refractivity contribution is 9.10. The number of benzene rings is 1. The minimum atomic E-state index is 0.0801. The van der Waals surface area contributed by atoms with Crippen molar-refractivity contribution in [3.63, 3.8) is 0 Å². The van der Waals surface area contributed by atoms with Crippen LogP contribution in [0, 0.1) is 5.92 Å². The van der Waals surface area contributed by atoms with Gasteiger partial charge in [0.2, 0.25) is 0 Å². The van der Waals surface area contributed by atoms with Crippen LogP contribution >= 0.6 is 15.9 Å². The third-order valence-corrected chi connectivity index (χ3v) is 4.20. The number of nitrogens with two attached hydrogens (primary N) is 1. The first-order chi connectivity index (χ1) is 8.61. The molecule has 100 valence electrons. The van der Waals surface area contributed by atoms with Crippen LogP contribution in [0.5, 0.6) is 0 Å². The molecule has 2 N–H and O–H groups in total. The summed E-state index contributed by atoms with van der Waals surface area (Å²) in [4.78, 5) is 2.51. The van der Waals surface area contributed by atoms with Gasteiger partial charge in [0.05, 0.1) is 0 Å². The number of nitrogens with zero attached hydrogens (tertiary/aromatic N) is 1. The summed E-state index contributed by atoms with van der Waals surface area (Å²) in [6.07, 6.45) is 4.00. The van der Waals surface area contributed by atoms with Crippen molar-refractivity contribution in [3.8, 4) is 0 Å². The Morgan fingerprint density at radius 3 is 2.67 bits per heavy atom. The molecule has 0 saturated heterocycles. The quantitative estimate of drug-likeness (QED) is 0.857. The van der Waals surface area contributed by atoms with Crippen LogP contribution in [0.3, 0.4) is 0 Å². The van der Waals surface area contributed by atoms with Gasteiger partial charge in [-0.15, -0.1) is 0 Å². The fraction of sp³-hybridized carbons (Fsp3) is 0.600. The third-order valence-electron chi connectivity index (χ3n) is 3.51. The Hall–Kier alpha value is -0.540. The average molecular weight is 311 g/mol. The van der Waals surface area contributed by atoms with Gasteiger partial charge in [-0.05, 0) is 49.8 Å². The molecule has 0 unspecified atom stereocenters. The largest absolute Gasteiger partial charge is 0.371 e. The lowest BCUT2D eigenvalue weighted by Crippen LogP contribution is -2.26. The normalized spacial score (nSPS) is 16.7. The van der Waals surface area contributed by atoms with Crippen LogP contribution in [-0.2, 0) is 0 Å². The molecule has 2 rings (SSSR count). The molecule has 1 atom stereocenters. The van der Waals surface area contributed by atoms with E-state index in [1.54, 1.807) is 0 Å². The molecule has 1 saturated carbocycles. The molecular formula is C15H23BrN2. The Balaban J connectivity index is 2.15. The monoisotopic (exact) mass is 310 g/mol. The Labute approximate surface area is 119 Å². The van der Waals surface area contributed by atoms with E-state index in [4.69, 9.17) is 5.73 Å². The summed E-state index contributed by atoms with van der Waals surface area (Å²) in [5.74, 6) is 0.920. The zero-order valence-electron chi connectivity index (χ0n) is 11.3. The Bertz CT molecular complexity index is 399. The summed E-state index contributed by atoms with van der Waals surface area (Å²) in [6.45, 7) is 6.61. The van der Waals surface area contributed by atoms with Gasteiger partial charge in [-0.1, -0.05) is 28.9 Å². The van der Waals surface area contributed by atoms with E-state index in [2.05, 4.69) is 46.0 Å². The summed E-state index contributed by atoms with van der Waals surface area (Å²) < 4.78 is 1.13. The second kappa shape index (κ2) is 6.07. The van der Waals surface area contributed by atoms with Crippen molar-refractivity contribution in [2.75, 3.05) is 18.0 Å². The van der Waals surface area contributed by atoms with Crippen LogP contribution < -0.4 is 10.6 Å². The molecule has 1 aromatic carbocycles. The van der Waals surface area contributed by atoms with E-state index in [9.17, 15) is 0 Å². The van der Waals surface area contributed by atoms with Gasteiger partial charge in [0.15, 0.2) is 0 Å². The molecule has 1 aliphatic rings. The molecule has 18 heavy (non-hydrogen) atoms. The lowest BCUT2D eigenvalue weighted by atomic mass is 10.1. The summed E-state index contributed by atoms with van der Waals surface area (Å²) in [7, 11) is 0. The van der Waals surface area contributed by atoms with Crippen molar-refractivity contribution in [2.24, 2.45) is 11.7 Å². The number of hydrogen-bond acceptors (Lipinski definition) is 2. The predicted octanol–water partition coefficient (Wildman–Crippen LogP) is 4.10. The van der Waals surface area contributed by atoms with E-state index in [1.165, 1.54) is 37.1 Å². The van der Waals surface area contributed by atoms with Crippen molar-refractivity contribution in [1.29, 1.82) is 0 Å². The maximum Gasteiger partial charge on any atom is 0.0377 e. The SMILES string of the molecule is CCCN(CC1CC1)c1ccc([C@H](C)N)c(Br)c1. The number of rotatable bonds is 6. The van der Waals surface area contributed by atoms with Gasteiger partial charge in [0, 0.05) is 29.3 Å². The third kappa shape index (κ3) is 3.48. The predicted molar refractivity (Wildman–Crippen MR) is 82.0 cm³/mol. The molecule has 1 fully saturated rings. The van der Waals surface area contributed by atoms with Crippen LogP contribution in [0.15, 0.2) is 22.7 Å². The number of hydrogen-bond donors (Lipinski definition) is 1. The van der Waals surface area contributed by atoms with Crippen LogP contribution in [0.2, 0.25) is 0 Å². The van der Waals surface area contributed by atoms with Crippen LogP contribution in [-0.4, -0.2) is 13.1 Å². The molecule has 0 spiro atoms. The van der Waals surface area contributed by atoms with E-state index < -0.39 is 0 Å². The van der Waals surface area contributed by atoms with Crippen molar-refractivity contribution < 1.29 is 0 Å². The van der Waals surface area contributed by atoms with Gasteiger partial charge in [0.1, 0.15) is 0 Å². The molecular weight excluding hydrogens is 288 g/mol. The van der Waals surface area contributed by atoms with Gasteiger partial charge in [-0.3, -0.25) is 0 Å². The van der Waals surface area contributed by atoms with Gasteiger partial charge >= 0.3 is 0 Å². The second-order valence-corrected chi connectivity index (χ2v) is 6.24. The Morgan fingerprint density at radius 2 is 2.17 bits per heavy atom. The molecule has 0 radical (unpaired) electrons. The minimum absolute atomic E-state index is 0.0801. The lowest BCUT2D eigenvalue weighted by Gasteiger charge is -2.25. The summed E-state index contributed by atoms with van der Waals surface area (Å²) in [5, 5.41) is 0. The van der Waals surface area contributed by atoms with Crippen LogP contribution in [0.1, 0.15) is 44.7 Å². The zero-order chi connectivity index (χ0) is 13.1. The van der Waals surface area contributed by atoms with Gasteiger partial charge in [-0.2, -0.15) is 0 Å². The van der Waals surface area contributed by atoms with E-state index in [0.29, 0.717) is 0 Å². The smallest absolute Gasteiger partial charge is 0.0377 e. The molecule has 0 amide bonds. The standard InChI is InChI=1S/C15H23BrN2/c1-3-8-18(10-12-4-5-12)13-6-7-14(11(2)17)15(16)9-13/h6-7,9,11-12H,3-5,8,10,17H2,1-2H3/t11-/m0/s1. The van der Waals surface area contributed by atoms with E-state index in [1.807, 2.05) is 6.92 Å². The zero-order valence-corrected chi connectivity index (χ0v) is 12.9. The van der Waals surface area contributed by atoms with E-state index in [0.717, 1.165) is 16.9 Å². The number of anilines is 1.